The Hall–Kier alpha value is -1.30. The Morgan fingerprint density at radius 3 is 2.36 bits per heavy atom. The van der Waals surface area contributed by atoms with Gasteiger partial charge < -0.3 is 25.6 Å². The van der Waals surface area contributed by atoms with Crippen LogP contribution in [0.2, 0.25) is 0 Å². The second-order valence-electron chi connectivity index (χ2n) is 5.40. The number of hydrogen-bond donors (Lipinski definition) is 3. The third-order valence-corrected chi connectivity index (χ3v) is 3.37. The molecule has 0 saturated heterocycles. The zero-order valence-electron chi connectivity index (χ0n) is 14.0. The Balaban J connectivity index is 2.86. The summed E-state index contributed by atoms with van der Waals surface area (Å²) >= 11 is 0. The van der Waals surface area contributed by atoms with E-state index in [0.29, 0.717) is 25.4 Å². The van der Waals surface area contributed by atoms with Crippen LogP contribution in [0.25, 0.3) is 0 Å². The molecule has 1 aromatic rings. The van der Waals surface area contributed by atoms with Crippen molar-refractivity contribution in [1.82, 2.24) is 5.32 Å². The lowest BCUT2D eigenvalue weighted by Crippen LogP contribution is -2.31. The number of nitrogens with two attached hydrogens (primary N) is 1. The molecular formula is C17H30N2O3. The van der Waals surface area contributed by atoms with Crippen molar-refractivity contribution in [2.45, 2.75) is 45.3 Å². The summed E-state index contributed by atoms with van der Waals surface area (Å²) in [5, 5.41) is 13.4. The Bertz CT molecular complexity index is 426. The van der Waals surface area contributed by atoms with Crippen molar-refractivity contribution in [3.05, 3.63) is 23.8 Å². The van der Waals surface area contributed by atoms with E-state index in [4.69, 9.17) is 15.2 Å². The van der Waals surface area contributed by atoms with Crippen molar-refractivity contribution < 1.29 is 14.6 Å². The summed E-state index contributed by atoms with van der Waals surface area (Å²) in [6.07, 6.45) is 1.85. The number of rotatable bonds is 11. The van der Waals surface area contributed by atoms with Gasteiger partial charge in [-0.2, -0.15) is 0 Å². The highest BCUT2D eigenvalue weighted by atomic mass is 16.5. The Kier molecular flexibility index (Phi) is 8.89. The first-order valence-corrected chi connectivity index (χ1v) is 8.11. The summed E-state index contributed by atoms with van der Waals surface area (Å²) in [6, 6.07) is 5.23. The van der Waals surface area contributed by atoms with Gasteiger partial charge in [0.05, 0.1) is 19.3 Å². The summed E-state index contributed by atoms with van der Waals surface area (Å²) in [6.45, 7) is 6.15. The minimum atomic E-state index is -0.711. The lowest BCUT2D eigenvalue weighted by Gasteiger charge is -2.21. The number of nitrogens with one attached hydrogen (secondary N) is 1. The van der Waals surface area contributed by atoms with E-state index in [1.165, 1.54) is 0 Å². The van der Waals surface area contributed by atoms with Gasteiger partial charge in [0.1, 0.15) is 0 Å². The lowest BCUT2D eigenvalue weighted by atomic mass is 10.00. The molecule has 0 aromatic heterocycles. The van der Waals surface area contributed by atoms with E-state index in [1.807, 2.05) is 25.2 Å². The first-order chi connectivity index (χ1) is 10.6. The van der Waals surface area contributed by atoms with Gasteiger partial charge in [-0.25, -0.2) is 0 Å². The third-order valence-electron chi connectivity index (χ3n) is 3.37. The van der Waals surface area contributed by atoms with Crippen molar-refractivity contribution in [3.63, 3.8) is 0 Å². The average molecular weight is 310 g/mol. The summed E-state index contributed by atoms with van der Waals surface area (Å²) in [5.41, 5.74) is 6.80. The highest BCUT2D eigenvalue weighted by molar-refractivity contribution is 5.44. The molecule has 2 unspecified atom stereocenters. The fraction of sp³-hybridized carbons (Fsp3) is 0.647. The fourth-order valence-electron chi connectivity index (χ4n) is 2.08. The van der Waals surface area contributed by atoms with Crippen LogP contribution in [0.15, 0.2) is 18.2 Å². The van der Waals surface area contributed by atoms with Gasteiger partial charge in [0.15, 0.2) is 11.5 Å². The molecule has 5 nitrogen and oxygen atoms in total. The second kappa shape index (κ2) is 10.4. The maximum Gasteiger partial charge on any atom is 0.161 e. The van der Waals surface area contributed by atoms with Crippen molar-refractivity contribution in [3.8, 4) is 11.5 Å². The molecule has 0 fully saturated rings. The SMILES string of the molecule is CCCOc1ccc(C(O)C(N)CCNC)cc1OCCC. The molecule has 1 rings (SSSR count). The van der Waals surface area contributed by atoms with Crippen molar-refractivity contribution in [2.24, 2.45) is 5.73 Å². The first kappa shape index (κ1) is 18.7. The molecule has 0 aliphatic rings. The minimum absolute atomic E-state index is 0.311. The number of ether oxygens (including phenoxy) is 2. The molecule has 0 spiro atoms. The highest BCUT2D eigenvalue weighted by Gasteiger charge is 2.18. The van der Waals surface area contributed by atoms with Crippen LogP contribution in [0.5, 0.6) is 11.5 Å². The summed E-state index contributed by atoms with van der Waals surface area (Å²) < 4.78 is 11.4. The summed E-state index contributed by atoms with van der Waals surface area (Å²) in [5.74, 6) is 1.39. The van der Waals surface area contributed by atoms with Crippen LogP contribution < -0.4 is 20.5 Å². The molecular weight excluding hydrogens is 280 g/mol. The average Bonchev–Trinajstić information content (AvgIpc) is 2.55. The van der Waals surface area contributed by atoms with Gasteiger partial charge in [-0.3, -0.25) is 0 Å². The second-order valence-corrected chi connectivity index (χ2v) is 5.40. The quantitative estimate of drug-likeness (QED) is 0.584. The van der Waals surface area contributed by atoms with Crippen molar-refractivity contribution in [1.29, 1.82) is 0 Å². The van der Waals surface area contributed by atoms with E-state index < -0.39 is 6.10 Å². The van der Waals surface area contributed by atoms with Gasteiger partial charge in [-0.15, -0.1) is 0 Å². The molecule has 0 aliphatic carbocycles. The van der Waals surface area contributed by atoms with Crippen LogP contribution in [0.1, 0.15) is 44.8 Å². The molecule has 0 amide bonds. The molecule has 0 saturated carbocycles. The maximum absolute atomic E-state index is 10.4. The van der Waals surface area contributed by atoms with E-state index in [0.717, 1.165) is 30.7 Å². The topological polar surface area (TPSA) is 76.7 Å². The number of hydrogen-bond acceptors (Lipinski definition) is 5. The molecule has 0 bridgehead atoms. The van der Waals surface area contributed by atoms with Crippen LogP contribution in [0.4, 0.5) is 0 Å². The predicted molar refractivity (Wildman–Crippen MR) is 89.5 cm³/mol. The number of aliphatic hydroxyl groups excluding tert-OH is 1. The van der Waals surface area contributed by atoms with Crippen LogP contribution in [-0.4, -0.2) is 38.0 Å². The molecule has 2 atom stereocenters. The Labute approximate surface area is 133 Å². The van der Waals surface area contributed by atoms with Gasteiger partial charge in [0, 0.05) is 6.04 Å². The summed E-state index contributed by atoms with van der Waals surface area (Å²) in [7, 11) is 1.87. The van der Waals surface area contributed by atoms with Crippen LogP contribution in [-0.2, 0) is 0 Å². The van der Waals surface area contributed by atoms with Crippen LogP contribution in [0, 0.1) is 0 Å². The molecule has 5 heteroatoms. The van der Waals surface area contributed by atoms with E-state index in [1.54, 1.807) is 0 Å². The van der Waals surface area contributed by atoms with Crippen LogP contribution in [0.3, 0.4) is 0 Å². The third kappa shape index (κ3) is 5.83. The monoisotopic (exact) mass is 310 g/mol. The van der Waals surface area contributed by atoms with E-state index in [-0.39, 0.29) is 6.04 Å². The number of benzene rings is 1. The van der Waals surface area contributed by atoms with Crippen LogP contribution >= 0.6 is 0 Å². The first-order valence-electron chi connectivity index (χ1n) is 8.11. The zero-order valence-corrected chi connectivity index (χ0v) is 14.0. The molecule has 0 heterocycles. The normalized spacial score (nSPS) is 13.7. The van der Waals surface area contributed by atoms with Gasteiger partial charge >= 0.3 is 0 Å². The molecule has 0 aliphatic heterocycles. The zero-order chi connectivity index (χ0) is 16.4. The van der Waals surface area contributed by atoms with Gasteiger partial charge in [0.2, 0.25) is 0 Å². The highest BCUT2D eigenvalue weighted by Crippen LogP contribution is 2.32. The predicted octanol–water partition coefficient (Wildman–Crippen LogP) is 2.23. The van der Waals surface area contributed by atoms with Gasteiger partial charge in [-0.05, 0) is 50.6 Å². The lowest BCUT2D eigenvalue weighted by molar-refractivity contribution is 0.141. The van der Waals surface area contributed by atoms with Gasteiger partial charge in [-0.1, -0.05) is 19.9 Å². The van der Waals surface area contributed by atoms with E-state index >= 15 is 0 Å². The largest absolute Gasteiger partial charge is 0.490 e. The van der Waals surface area contributed by atoms with Gasteiger partial charge in [0.25, 0.3) is 0 Å². The van der Waals surface area contributed by atoms with E-state index in [2.05, 4.69) is 19.2 Å². The standard InChI is InChI=1S/C17H30N2O3/c1-4-10-21-15-7-6-13(12-16(15)22-11-5-2)17(20)14(18)8-9-19-3/h6-7,12,14,17,19-20H,4-5,8-11,18H2,1-3H3. The molecule has 126 valence electrons. The molecule has 1 aromatic carbocycles. The van der Waals surface area contributed by atoms with Crippen molar-refractivity contribution >= 4 is 0 Å². The van der Waals surface area contributed by atoms with E-state index in [9.17, 15) is 5.11 Å². The smallest absolute Gasteiger partial charge is 0.161 e. The maximum atomic E-state index is 10.4. The Morgan fingerprint density at radius 2 is 1.77 bits per heavy atom. The minimum Gasteiger partial charge on any atom is -0.490 e. The summed E-state index contributed by atoms with van der Waals surface area (Å²) in [4.78, 5) is 0. The molecule has 22 heavy (non-hydrogen) atoms. The van der Waals surface area contributed by atoms with Crippen molar-refractivity contribution in [2.75, 3.05) is 26.8 Å². The number of aliphatic hydroxyl groups is 1. The molecule has 4 N–H and O–H groups in total. The molecule has 0 radical (unpaired) electrons. The Morgan fingerprint density at radius 1 is 1.14 bits per heavy atom. The fourth-order valence-corrected chi connectivity index (χ4v) is 2.08.